The van der Waals surface area contributed by atoms with Crippen molar-refractivity contribution in [2.24, 2.45) is 0 Å². The van der Waals surface area contributed by atoms with E-state index in [-0.39, 0.29) is 5.91 Å². The predicted octanol–water partition coefficient (Wildman–Crippen LogP) is 2.23. The van der Waals surface area contributed by atoms with Gasteiger partial charge in [0.15, 0.2) is 0 Å². The van der Waals surface area contributed by atoms with Gasteiger partial charge in [-0.2, -0.15) is 0 Å². The van der Waals surface area contributed by atoms with Crippen LogP contribution in [0, 0.1) is 0 Å². The van der Waals surface area contributed by atoms with E-state index in [0.717, 1.165) is 18.7 Å². The second kappa shape index (κ2) is 7.23. The summed E-state index contributed by atoms with van der Waals surface area (Å²) in [6.07, 6.45) is 4.36. The molecule has 2 aromatic heterocycles. The number of pyridine rings is 2. The van der Waals surface area contributed by atoms with Crippen molar-refractivity contribution in [3.63, 3.8) is 0 Å². The summed E-state index contributed by atoms with van der Waals surface area (Å²) in [6, 6.07) is 9.14. The Morgan fingerprint density at radius 1 is 1.15 bits per heavy atom. The highest BCUT2D eigenvalue weighted by Crippen LogP contribution is 2.11. The zero-order valence-corrected chi connectivity index (χ0v) is 11.5. The molecule has 1 amide bonds. The molecule has 2 rings (SSSR count). The first-order valence-corrected chi connectivity index (χ1v) is 6.68. The van der Waals surface area contributed by atoms with Crippen LogP contribution in [0.25, 0.3) is 0 Å². The van der Waals surface area contributed by atoms with Crippen LogP contribution in [0.3, 0.4) is 0 Å². The quantitative estimate of drug-likeness (QED) is 0.844. The largest absolute Gasteiger partial charge is 0.369 e. The van der Waals surface area contributed by atoms with Gasteiger partial charge < -0.3 is 10.6 Å². The topological polar surface area (TPSA) is 66.9 Å². The third-order valence-corrected chi connectivity index (χ3v) is 2.75. The molecule has 0 aromatic carbocycles. The highest BCUT2D eigenvalue weighted by molar-refractivity contribution is 5.98. The molecule has 0 spiro atoms. The average Bonchev–Trinajstić information content (AvgIpc) is 2.52. The molecule has 0 saturated carbocycles. The van der Waals surface area contributed by atoms with Gasteiger partial charge in [0.05, 0.1) is 17.8 Å². The molecule has 0 aliphatic rings. The lowest BCUT2D eigenvalue weighted by atomic mass is 10.2. The Morgan fingerprint density at radius 3 is 2.75 bits per heavy atom. The van der Waals surface area contributed by atoms with E-state index in [4.69, 9.17) is 0 Å². The predicted molar refractivity (Wildman–Crippen MR) is 78.4 cm³/mol. The highest BCUT2D eigenvalue weighted by Gasteiger charge is 2.11. The van der Waals surface area contributed by atoms with Crippen LogP contribution in [0.1, 0.15) is 29.4 Å². The van der Waals surface area contributed by atoms with E-state index < -0.39 is 0 Å². The number of amides is 1. The fraction of sp³-hybridized carbons (Fsp3) is 0.267. The molecule has 2 heterocycles. The smallest absolute Gasteiger partial charge is 0.255 e. The number of nitrogens with zero attached hydrogens (tertiary/aromatic N) is 2. The van der Waals surface area contributed by atoms with Crippen molar-refractivity contribution in [3.05, 3.63) is 54.0 Å². The van der Waals surface area contributed by atoms with Gasteiger partial charge in [0, 0.05) is 18.9 Å². The fourth-order valence-electron chi connectivity index (χ4n) is 1.74. The molecule has 0 unspecified atom stereocenters. The van der Waals surface area contributed by atoms with Crippen molar-refractivity contribution in [1.82, 2.24) is 15.3 Å². The molecule has 0 fully saturated rings. The number of nitrogens with one attached hydrogen (secondary N) is 2. The van der Waals surface area contributed by atoms with Crippen molar-refractivity contribution in [1.29, 1.82) is 0 Å². The minimum Gasteiger partial charge on any atom is -0.369 e. The number of anilines is 1. The van der Waals surface area contributed by atoms with Gasteiger partial charge in [0.2, 0.25) is 0 Å². The van der Waals surface area contributed by atoms with E-state index >= 15 is 0 Å². The molecule has 0 aliphatic carbocycles. The Balaban J connectivity index is 2.01. The maximum atomic E-state index is 12.2. The first-order valence-electron chi connectivity index (χ1n) is 6.68. The third kappa shape index (κ3) is 3.78. The summed E-state index contributed by atoms with van der Waals surface area (Å²) in [5.74, 6) is 0.468. The van der Waals surface area contributed by atoms with Gasteiger partial charge >= 0.3 is 0 Å². The van der Waals surface area contributed by atoms with Crippen LogP contribution in [0.5, 0.6) is 0 Å². The van der Waals surface area contributed by atoms with Gasteiger partial charge in [0.1, 0.15) is 5.82 Å². The van der Waals surface area contributed by atoms with E-state index in [1.54, 1.807) is 24.5 Å². The molecular formula is C15H18N4O. The molecular weight excluding hydrogens is 252 g/mol. The Labute approximate surface area is 118 Å². The number of carbonyl (C=O) groups is 1. The van der Waals surface area contributed by atoms with E-state index in [1.165, 1.54) is 0 Å². The van der Waals surface area contributed by atoms with Crippen molar-refractivity contribution >= 4 is 11.7 Å². The minimum absolute atomic E-state index is 0.151. The fourth-order valence-corrected chi connectivity index (χ4v) is 1.74. The molecule has 0 aliphatic heterocycles. The molecule has 20 heavy (non-hydrogen) atoms. The number of rotatable bonds is 6. The molecule has 0 atom stereocenters. The average molecular weight is 270 g/mol. The minimum atomic E-state index is -0.151. The zero-order valence-electron chi connectivity index (χ0n) is 11.5. The van der Waals surface area contributed by atoms with E-state index in [2.05, 4.69) is 27.5 Å². The highest BCUT2D eigenvalue weighted by atomic mass is 16.1. The summed E-state index contributed by atoms with van der Waals surface area (Å²) >= 11 is 0. The summed E-state index contributed by atoms with van der Waals surface area (Å²) in [7, 11) is 0. The molecule has 0 radical (unpaired) electrons. The Kier molecular flexibility index (Phi) is 5.06. The van der Waals surface area contributed by atoms with Gasteiger partial charge in [0.25, 0.3) is 5.91 Å². The van der Waals surface area contributed by atoms with Crippen molar-refractivity contribution < 1.29 is 4.79 Å². The summed E-state index contributed by atoms with van der Waals surface area (Å²) < 4.78 is 0. The van der Waals surface area contributed by atoms with Crippen LogP contribution in [0.15, 0.2) is 42.7 Å². The number of carbonyl (C=O) groups excluding carboxylic acids is 1. The van der Waals surface area contributed by atoms with E-state index in [0.29, 0.717) is 17.9 Å². The summed E-state index contributed by atoms with van der Waals surface area (Å²) in [4.78, 5) is 20.6. The van der Waals surface area contributed by atoms with Crippen molar-refractivity contribution in [3.8, 4) is 0 Å². The molecule has 0 saturated heterocycles. The molecule has 2 aromatic rings. The van der Waals surface area contributed by atoms with Crippen molar-refractivity contribution in [2.75, 3.05) is 11.9 Å². The van der Waals surface area contributed by atoms with Crippen LogP contribution in [-0.2, 0) is 6.54 Å². The maximum absolute atomic E-state index is 12.2. The normalized spacial score (nSPS) is 10.1. The van der Waals surface area contributed by atoms with Gasteiger partial charge in [-0.25, -0.2) is 4.98 Å². The lowest BCUT2D eigenvalue weighted by molar-refractivity contribution is 0.0951. The summed E-state index contributed by atoms with van der Waals surface area (Å²) in [6.45, 7) is 3.26. The number of hydrogen-bond donors (Lipinski definition) is 2. The first kappa shape index (κ1) is 14.0. The SMILES string of the molecule is CCCNc1ncccc1C(=O)NCc1ccccn1. The molecule has 5 nitrogen and oxygen atoms in total. The molecule has 5 heteroatoms. The van der Waals surface area contributed by atoms with E-state index in [9.17, 15) is 4.79 Å². The third-order valence-electron chi connectivity index (χ3n) is 2.75. The van der Waals surface area contributed by atoms with Crippen LogP contribution >= 0.6 is 0 Å². The molecule has 104 valence electrons. The monoisotopic (exact) mass is 270 g/mol. The lowest BCUT2D eigenvalue weighted by Crippen LogP contribution is -2.24. The summed E-state index contributed by atoms with van der Waals surface area (Å²) in [5, 5.41) is 6.01. The van der Waals surface area contributed by atoms with Gasteiger partial charge in [-0.15, -0.1) is 0 Å². The van der Waals surface area contributed by atoms with Crippen molar-refractivity contribution in [2.45, 2.75) is 19.9 Å². The summed E-state index contributed by atoms with van der Waals surface area (Å²) in [5.41, 5.74) is 1.38. The van der Waals surface area contributed by atoms with Crippen LogP contribution in [0.4, 0.5) is 5.82 Å². The molecule has 0 bridgehead atoms. The van der Waals surface area contributed by atoms with Gasteiger partial charge in [-0.05, 0) is 30.7 Å². The van der Waals surface area contributed by atoms with Crippen LogP contribution < -0.4 is 10.6 Å². The van der Waals surface area contributed by atoms with E-state index in [1.807, 2.05) is 18.2 Å². The van der Waals surface area contributed by atoms with Crippen LogP contribution in [0.2, 0.25) is 0 Å². The lowest BCUT2D eigenvalue weighted by Gasteiger charge is -2.10. The Bertz CT molecular complexity index is 557. The first-order chi connectivity index (χ1) is 9.81. The standard InChI is InChI=1S/C15H18N4O/c1-2-8-17-14-13(7-5-10-18-14)15(20)19-11-12-6-3-4-9-16-12/h3-7,9-10H,2,8,11H2,1H3,(H,17,18)(H,19,20). The van der Waals surface area contributed by atoms with Gasteiger partial charge in [-0.3, -0.25) is 9.78 Å². The number of aromatic nitrogens is 2. The Morgan fingerprint density at radius 2 is 2.00 bits per heavy atom. The van der Waals surface area contributed by atoms with Gasteiger partial charge in [-0.1, -0.05) is 13.0 Å². The zero-order chi connectivity index (χ0) is 14.2. The molecule has 2 N–H and O–H groups in total. The maximum Gasteiger partial charge on any atom is 0.255 e. The second-order valence-electron chi connectivity index (χ2n) is 4.33. The number of hydrogen-bond acceptors (Lipinski definition) is 4. The second-order valence-corrected chi connectivity index (χ2v) is 4.33. The Hall–Kier alpha value is -2.43. The van der Waals surface area contributed by atoms with Crippen LogP contribution in [-0.4, -0.2) is 22.4 Å².